The number of carbonyl (C=O) groups is 1. The highest BCUT2D eigenvalue weighted by molar-refractivity contribution is 5.58. The molecule has 0 spiro atoms. The summed E-state index contributed by atoms with van der Waals surface area (Å²) in [4.78, 5) is 13.2. The van der Waals surface area contributed by atoms with Gasteiger partial charge in [-0.3, -0.25) is 4.90 Å². The molecule has 0 radical (unpaired) electrons. The summed E-state index contributed by atoms with van der Waals surface area (Å²) in [6, 6.07) is 0.625. The van der Waals surface area contributed by atoms with Crippen molar-refractivity contribution in [3.63, 3.8) is 0 Å². The molecule has 0 aromatic rings. The van der Waals surface area contributed by atoms with Crippen LogP contribution in [0.2, 0.25) is 0 Å². The van der Waals surface area contributed by atoms with Crippen LogP contribution in [0, 0.1) is 5.41 Å². The first kappa shape index (κ1) is 10.7. The van der Waals surface area contributed by atoms with Crippen molar-refractivity contribution in [1.29, 1.82) is 0 Å². The van der Waals surface area contributed by atoms with Crippen LogP contribution in [0.3, 0.4) is 0 Å². The number of nitrogens with zero attached hydrogens (tertiary/aromatic N) is 1. The molecule has 1 saturated heterocycles. The lowest BCUT2D eigenvalue weighted by Crippen LogP contribution is -2.29. The monoisotopic (exact) mass is 183 g/mol. The molecule has 2 atom stereocenters. The van der Waals surface area contributed by atoms with Crippen molar-refractivity contribution < 1.29 is 4.79 Å². The Morgan fingerprint density at radius 3 is 2.15 bits per heavy atom. The van der Waals surface area contributed by atoms with Crippen molar-refractivity contribution in [2.45, 2.75) is 52.6 Å². The molecule has 1 fully saturated rings. The topological polar surface area (TPSA) is 20.1 Å². The third-order valence-electron chi connectivity index (χ3n) is 2.66. The third-order valence-corrected chi connectivity index (χ3v) is 2.66. The largest absolute Gasteiger partial charge is 0.303 e. The van der Waals surface area contributed by atoms with Gasteiger partial charge in [0.1, 0.15) is 6.29 Å². The van der Waals surface area contributed by atoms with Crippen molar-refractivity contribution in [3.8, 4) is 0 Å². The second kappa shape index (κ2) is 3.09. The summed E-state index contributed by atoms with van der Waals surface area (Å²) in [6.07, 6.45) is 2.07. The first-order valence-electron chi connectivity index (χ1n) is 4.99. The fourth-order valence-corrected chi connectivity index (χ4v) is 1.83. The summed E-state index contributed by atoms with van der Waals surface area (Å²) in [5.41, 5.74) is 0.119. The molecule has 2 heteroatoms. The van der Waals surface area contributed by atoms with Gasteiger partial charge < -0.3 is 4.79 Å². The number of hydrogen-bond donors (Lipinski definition) is 0. The van der Waals surface area contributed by atoms with Crippen molar-refractivity contribution in [1.82, 2.24) is 4.90 Å². The number of carbonyl (C=O) groups excluding carboxylic acids is 1. The van der Waals surface area contributed by atoms with E-state index < -0.39 is 0 Å². The van der Waals surface area contributed by atoms with Crippen LogP contribution in [-0.4, -0.2) is 29.3 Å². The minimum absolute atomic E-state index is 0.148. The zero-order valence-electron chi connectivity index (χ0n) is 9.42. The normalized spacial score (nSPS) is 28.7. The molecule has 1 heterocycles. The highest BCUT2D eigenvalue weighted by Crippen LogP contribution is 2.36. The van der Waals surface area contributed by atoms with Crippen LogP contribution >= 0.6 is 0 Å². The van der Waals surface area contributed by atoms with E-state index in [-0.39, 0.29) is 11.0 Å². The van der Waals surface area contributed by atoms with Crippen LogP contribution in [0.15, 0.2) is 0 Å². The van der Waals surface area contributed by atoms with Crippen LogP contribution < -0.4 is 0 Å². The Labute approximate surface area is 81.3 Å². The quantitative estimate of drug-likeness (QED) is 0.493. The molecule has 0 aromatic heterocycles. The molecule has 0 bridgehead atoms. The summed E-state index contributed by atoms with van der Waals surface area (Å²) in [6.45, 7) is 11.8. The van der Waals surface area contributed by atoms with E-state index in [4.69, 9.17) is 0 Å². The molecule has 0 aliphatic carbocycles. The standard InChI is InChI=1S/C11H21NO/c1-10(2,3)12-7-9(12)6-11(4,5)8-13/h8-9H,6-7H2,1-5H3. The summed E-state index contributed by atoms with van der Waals surface area (Å²) in [5.74, 6) is 0. The molecule has 13 heavy (non-hydrogen) atoms. The Bertz CT molecular complexity index is 203. The lowest BCUT2D eigenvalue weighted by molar-refractivity contribution is -0.115. The SMILES string of the molecule is CC(C)(C=O)CC1CN1C(C)(C)C. The molecule has 0 amide bonds. The molecule has 1 rings (SSSR count). The predicted molar refractivity (Wildman–Crippen MR) is 54.7 cm³/mol. The van der Waals surface area contributed by atoms with E-state index >= 15 is 0 Å². The van der Waals surface area contributed by atoms with Crippen LogP contribution in [0.5, 0.6) is 0 Å². The first-order valence-corrected chi connectivity index (χ1v) is 4.99. The molecule has 1 aliphatic rings. The van der Waals surface area contributed by atoms with Gasteiger partial charge >= 0.3 is 0 Å². The van der Waals surface area contributed by atoms with Gasteiger partial charge in [0.2, 0.25) is 0 Å². The summed E-state index contributed by atoms with van der Waals surface area (Å²) in [7, 11) is 0. The van der Waals surface area contributed by atoms with Crippen molar-refractivity contribution in [2.24, 2.45) is 5.41 Å². The van der Waals surface area contributed by atoms with Crippen LogP contribution in [-0.2, 0) is 4.79 Å². The Kier molecular flexibility index (Phi) is 2.54. The maximum absolute atomic E-state index is 10.7. The molecule has 2 unspecified atom stereocenters. The predicted octanol–water partition coefficient (Wildman–Crippen LogP) is 2.08. The Hall–Kier alpha value is -0.370. The van der Waals surface area contributed by atoms with E-state index in [0.717, 1.165) is 19.3 Å². The maximum Gasteiger partial charge on any atom is 0.125 e. The average molecular weight is 183 g/mol. The molecule has 1 aliphatic heterocycles. The van der Waals surface area contributed by atoms with Crippen molar-refractivity contribution in [2.75, 3.05) is 6.54 Å². The van der Waals surface area contributed by atoms with Gasteiger partial charge in [-0.25, -0.2) is 0 Å². The lowest BCUT2D eigenvalue weighted by Gasteiger charge is -2.23. The van der Waals surface area contributed by atoms with Crippen LogP contribution in [0.25, 0.3) is 0 Å². The number of rotatable bonds is 3. The van der Waals surface area contributed by atoms with Gasteiger partial charge in [-0.15, -0.1) is 0 Å². The molecule has 0 aromatic carbocycles. The Morgan fingerprint density at radius 1 is 1.31 bits per heavy atom. The molecule has 76 valence electrons. The fourth-order valence-electron chi connectivity index (χ4n) is 1.83. The van der Waals surface area contributed by atoms with E-state index in [2.05, 4.69) is 25.7 Å². The second-order valence-electron chi connectivity index (χ2n) is 5.79. The zero-order valence-corrected chi connectivity index (χ0v) is 9.42. The highest BCUT2D eigenvalue weighted by Gasteiger charge is 2.44. The molecule has 0 N–H and O–H groups in total. The average Bonchev–Trinajstić information content (AvgIpc) is 2.65. The van der Waals surface area contributed by atoms with E-state index in [9.17, 15) is 4.79 Å². The zero-order chi connectivity index (χ0) is 10.3. The maximum atomic E-state index is 10.7. The van der Waals surface area contributed by atoms with Gasteiger partial charge in [-0.1, -0.05) is 13.8 Å². The van der Waals surface area contributed by atoms with E-state index in [1.54, 1.807) is 0 Å². The van der Waals surface area contributed by atoms with Gasteiger partial charge in [0.05, 0.1) is 0 Å². The minimum atomic E-state index is -0.148. The van der Waals surface area contributed by atoms with Gasteiger partial charge in [0, 0.05) is 23.5 Å². The number of hydrogen-bond acceptors (Lipinski definition) is 2. The number of aldehydes is 1. The van der Waals surface area contributed by atoms with Crippen molar-refractivity contribution >= 4 is 6.29 Å². The van der Waals surface area contributed by atoms with Gasteiger partial charge in [0.25, 0.3) is 0 Å². The highest BCUT2D eigenvalue weighted by atomic mass is 16.1. The lowest BCUT2D eigenvalue weighted by atomic mass is 9.89. The van der Waals surface area contributed by atoms with Crippen molar-refractivity contribution in [3.05, 3.63) is 0 Å². The summed E-state index contributed by atoms with van der Waals surface area (Å²) < 4.78 is 0. The van der Waals surface area contributed by atoms with Gasteiger partial charge in [-0.05, 0) is 27.2 Å². The molecular weight excluding hydrogens is 162 g/mol. The van der Waals surface area contributed by atoms with E-state index in [1.807, 2.05) is 13.8 Å². The first-order chi connectivity index (χ1) is 5.76. The Balaban J connectivity index is 2.41. The van der Waals surface area contributed by atoms with Crippen LogP contribution in [0.4, 0.5) is 0 Å². The smallest absolute Gasteiger partial charge is 0.125 e. The summed E-state index contributed by atoms with van der Waals surface area (Å²) in [5, 5.41) is 0. The fraction of sp³-hybridized carbons (Fsp3) is 0.909. The summed E-state index contributed by atoms with van der Waals surface area (Å²) >= 11 is 0. The van der Waals surface area contributed by atoms with Crippen LogP contribution in [0.1, 0.15) is 41.0 Å². The van der Waals surface area contributed by atoms with Gasteiger partial charge in [0.15, 0.2) is 0 Å². The minimum Gasteiger partial charge on any atom is -0.303 e. The Morgan fingerprint density at radius 2 is 1.85 bits per heavy atom. The van der Waals surface area contributed by atoms with Gasteiger partial charge in [-0.2, -0.15) is 0 Å². The molecule has 2 nitrogen and oxygen atoms in total. The molecule has 0 saturated carbocycles. The second-order valence-corrected chi connectivity index (χ2v) is 5.79. The molecular formula is C11H21NO. The van der Waals surface area contributed by atoms with E-state index in [1.165, 1.54) is 0 Å². The third kappa shape index (κ3) is 2.80. The van der Waals surface area contributed by atoms with E-state index in [0.29, 0.717) is 6.04 Å².